The number of hydrogen-bond donors (Lipinski definition) is 0. The minimum atomic E-state index is -0.206. The van der Waals surface area contributed by atoms with Crippen molar-refractivity contribution in [3.8, 4) is 55.6 Å². The van der Waals surface area contributed by atoms with Crippen LogP contribution in [-0.4, -0.2) is 0 Å². The van der Waals surface area contributed by atoms with Gasteiger partial charge in [-0.25, -0.2) is 0 Å². The summed E-state index contributed by atoms with van der Waals surface area (Å²) in [5.74, 6) is 0. The predicted octanol–water partition coefficient (Wildman–Crippen LogP) is 15.3. The SMILES string of the molecule is CC1(C)c2cc(N(c3ccc(-c4ccccc4)cc3)c3ccc4ccccc4c3-c3ccccc3)ccc2-c2c(-c3cccc(-c4ccccc4)c3)cccc21. The van der Waals surface area contributed by atoms with Crippen molar-refractivity contribution in [1.29, 1.82) is 0 Å². The molecule has 0 saturated heterocycles. The molecule has 0 unspecified atom stereocenters. The molecule has 10 rings (SSSR count). The molecule has 9 aromatic rings. The predicted molar refractivity (Wildman–Crippen MR) is 238 cm³/mol. The Morgan fingerprint density at radius 3 is 1.64 bits per heavy atom. The van der Waals surface area contributed by atoms with Crippen LogP contribution in [0, 0.1) is 0 Å². The highest BCUT2D eigenvalue weighted by Crippen LogP contribution is 2.54. The molecule has 0 heterocycles. The zero-order valence-electron chi connectivity index (χ0n) is 31.7. The first-order valence-electron chi connectivity index (χ1n) is 19.5. The van der Waals surface area contributed by atoms with Gasteiger partial charge in [-0.3, -0.25) is 0 Å². The fourth-order valence-electron chi connectivity index (χ4n) is 8.87. The molecule has 0 radical (unpaired) electrons. The Morgan fingerprint density at radius 2 is 0.911 bits per heavy atom. The topological polar surface area (TPSA) is 3.24 Å². The van der Waals surface area contributed by atoms with Gasteiger partial charge in [0, 0.05) is 22.4 Å². The zero-order chi connectivity index (χ0) is 37.6. The van der Waals surface area contributed by atoms with Gasteiger partial charge in [0.15, 0.2) is 0 Å². The maximum atomic E-state index is 2.47. The van der Waals surface area contributed by atoms with Gasteiger partial charge >= 0.3 is 0 Å². The molecule has 0 amide bonds. The van der Waals surface area contributed by atoms with E-state index in [0.29, 0.717) is 0 Å². The summed E-state index contributed by atoms with van der Waals surface area (Å²) in [4.78, 5) is 2.47. The van der Waals surface area contributed by atoms with Crippen molar-refractivity contribution in [2.75, 3.05) is 4.90 Å². The number of nitrogens with zero attached hydrogens (tertiary/aromatic N) is 1. The molecule has 0 saturated carbocycles. The molecule has 0 bridgehead atoms. The van der Waals surface area contributed by atoms with Gasteiger partial charge in [0.05, 0.1) is 5.69 Å². The van der Waals surface area contributed by atoms with Gasteiger partial charge in [0.1, 0.15) is 0 Å². The fraction of sp³-hybridized carbons (Fsp3) is 0.0545. The van der Waals surface area contributed by atoms with Crippen molar-refractivity contribution in [3.05, 3.63) is 223 Å². The Hall–Kier alpha value is -6.96. The van der Waals surface area contributed by atoms with Crippen LogP contribution in [0.1, 0.15) is 25.0 Å². The van der Waals surface area contributed by atoms with E-state index in [1.54, 1.807) is 0 Å². The second kappa shape index (κ2) is 13.7. The lowest BCUT2D eigenvalue weighted by atomic mass is 9.81. The third kappa shape index (κ3) is 5.72. The summed E-state index contributed by atoms with van der Waals surface area (Å²) in [5.41, 5.74) is 18.3. The maximum Gasteiger partial charge on any atom is 0.0546 e. The lowest BCUT2D eigenvalue weighted by Gasteiger charge is -2.30. The third-order valence-electron chi connectivity index (χ3n) is 11.7. The molecule has 266 valence electrons. The van der Waals surface area contributed by atoms with E-state index < -0.39 is 0 Å². The highest BCUT2D eigenvalue weighted by atomic mass is 15.1. The van der Waals surface area contributed by atoms with Crippen LogP contribution in [0.5, 0.6) is 0 Å². The summed E-state index contributed by atoms with van der Waals surface area (Å²) in [6.45, 7) is 4.77. The number of fused-ring (bicyclic) bond motifs is 4. The van der Waals surface area contributed by atoms with Crippen molar-refractivity contribution in [1.82, 2.24) is 0 Å². The van der Waals surface area contributed by atoms with Gasteiger partial charge in [-0.15, -0.1) is 0 Å². The molecule has 1 heteroatoms. The molecule has 0 atom stereocenters. The minimum absolute atomic E-state index is 0.206. The van der Waals surface area contributed by atoms with E-state index in [4.69, 9.17) is 0 Å². The van der Waals surface area contributed by atoms with Crippen molar-refractivity contribution in [2.45, 2.75) is 19.3 Å². The first-order valence-corrected chi connectivity index (χ1v) is 19.5. The van der Waals surface area contributed by atoms with Crippen LogP contribution in [0.4, 0.5) is 17.1 Å². The summed E-state index contributed by atoms with van der Waals surface area (Å²) >= 11 is 0. The van der Waals surface area contributed by atoms with Crippen LogP contribution >= 0.6 is 0 Å². The second-order valence-electron chi connectivity index (χ2n) is 15.3. The van der Waals surface area contributed by atoms with Gasteiger partial charge in [0.2, 0.25) is 0 Å². The average molecular weight is 716 g/mol. The molecular formula is C55H41N. The number of rotatable bonds is 7. The summed E-state index contributed by atoms with van der Waals surface area (Å²) < 4.78 is 0. The molecule has 0 aromatic heterocycles. The largest absolute Gasteiger partial charge is 0.310 e. The van der Waals surface area contributed by atoms with E-state index in [0.717, 1.165) is 17.1 Å². The molecule has 0 aliphatic heterocycles. The Morgan fingerprint density at radius 1 is 0.339 bits per heavy atom. The van der Waals surface area contributed by atoms with Crippen molar-refractivity contribution < 1.29 is 0 Å². The fourth-order valence-corrected chi connectivity index (χ4v) is 8.87. The van der Waals surface area contributed by atoms with E-state index in [9.17, 15) is 0 Å². The molecule has 1 nitrogen and oxygen atoms in total. The van der Waals surface area contributed by atoms with Gasteiger partial charge < -0.3 is 4.90 Å². The van der Waals surface area contributed by atoms with Gasteiger partial charge in [0.25, 0.3) is 0 Å². The Kier molecular flexibility index (Phi) is 8.23. The lowest BCUT2D eigenvalue weighted by molar-refractivity contribution is 0.660. The van der Waals surface area contributed by atoms with E-state index in [2.05, 4.69) is 231 Å². The number of anilines is 3. The highest BCUT2D eigenvalue weighted by Gasteiger charge is 2.37. The Bertz CT molecular complexity index is 2850. The molecule has 0 N–H and O–H groups in total. The quantitative estimate of drug-likeness (QED) is 0.159. The van der Waals surface area contributed by atoms with Crippen LogP contribution in [0.25, 0.3) is 66.4 Å². The monoisotopic (exact) mass is 715 g/mol. The Labute approximate surface area is 329 Å². The van der Waals surface area contributed by atoms with Crippen LogP contribution in [0.15, 0.2) is 212 Å². The van der Waals surface area contributed by atoms with Gasteiger partial charge in [-0.1, -0.05) is 190 Å². The summed E-state index contributed by atoms with van der Waals surface area (Å²) in [6, 6.07) is 77.6. The van der Waals surface area contributed by atoms with Crippen molar-refractivity contribution in [3.63, 3.8) is 0 Å². The molecule has 56 heavy (non-hydrogen) atoms. The normalized spacial score (nSPS) is 12.6. The molecular weight excluding hydrogens is 675 g/mol. The van der Waals surface area contributed by atoms with E-state index in [-0.39, 0.29) is 5.41 Å². The first kappa shape index (κ1) is 33.6. The molecule has 1 aliphatic rings. The van der Waals surface area contributed by atoms with Gasteiger partial charge in [-0.05, 0) is 108 Å². The third-order valence-corrected chi connectivity index (χ3v) is 11.7. The summed E-state index contributed by atoms with van der Waals surface area (Å²) in [5, 5.41) is 2.46. The molecule has 9 aromatic carbocycles. The zero-order valence-corrected chi connectivity index (χ0v) is 31.7. The van der Waals surface area contributed by atoms with Crippen molar-refractivity contribution >= 4 is 27.8 Å². The molecule has 1 aliphatic carbocycles. The van der Waals surface area contributed by atoms with Crippen LogP contribution in [0.3, 0.4) is 0 Å². The maximum absolute atomic E-state index is 2.47. The number of benzene rings is 9. The van der Waals surface area contributed by atoms with Crippen molar-refractivity contribution in [2.24, 2.45) is 0 Å². The second-order valence-corrected chi connectivity index (χ2v) is 15.3. The van der Waals surface area contributed by atoms with Gasteiger partial charge in [-0.2, -0.15) is 0 Å². The lowest BCUT2D eigenvalue weighted by Crippen LogP contribution is -2.17. The standard InChI is InChI=1S/C55H41N/c1-55(2)50-27-15-26-48(44-24-14-23-43(36-44)39-18-8-4-9-19-39)54(50)49-34-33-46(37-51(49)55)56(45-31-28-40(29-32-45)38-16-6-3-7-17-38)52-35-30-41-20-12-13-25-47(41)53(52)42-21-10-5-11-22-42/h3-37H,1-2H3. The minimum Gasteiger partial charge on any atom is -0.310 e. The Balaban J connectivity index is 1.16. The smallest absolute Gasteiger partial charge is 0.0546 e. The van der Waals surface area contributed by atoms with E-state index >= 15 is 0 Å². The highest BCUT2D eigenvalue weighted by molar-refractivity contribution is 6.05. The average Bonchev–Trinajstić information content (AvgIpc) is 3.50. The van der Waals surface area contributed by atoms with E-state index in [1.165, 1.54) is 77.5 Å². The summed E-state index contributed by atoms with van der Waals surface area (Å²) in [6.07, 6.45) is 0. The molecule has 0 spiro atoms. The molecule has 0 fully saturated rings. The summed E-state index contributed by atoms with van der Waals surface area (Å²) in [7, 11) is 0. The van der Waals surface area contributed by atoms with E-state index in [1.807, 2.05) is 0 Å². The number of hydrogen-bond acceptors (Lipinski definition) is 1. The van der Waals surface area contributed by atoms with Crippen LogP contribution in [-0.2, 0) is 5.41 Å². The van der Waals surface area contributed by atoms with Crippen LogP contribution in [0.2, 0.25) is 0 Å². The first-order chi connectivity index (χ1) is 27.5. The van der Waals surface area contributed by atoms with Crippen LogP contribution < -0.4 is 4.90 Å².